The normalized spacial score (nSPS) is 18.7. The lowest BCUT2D eigenvalue weighted by Crippen LogP contribution is -2.43. The first-order valence-electron chi connectivity index (χ1n) is 7.06. The molecule has 0 aromatic heterocycles. The number of amides is 1. The summed E-state index contributed by atoms with van der Waals surface area (Å²) in [5.41, 5.74) is 0.873. The molecule has 1 aromatic rings. The quantitative estimate of drug-likeness (QED) is 0.875. The fourth-order valence-electron chi connectivity index (χ4n) is 2.32. The second kappa shape index (κ2) is 8.34. The predicted octanol–water partition coefficient (Wildman–Crippen LogP) is 2.38. The van der Waals surface area contributed by atoms with Gasteiger partial charge in [-0.15, -0.1) is 0 Å². The molecule has 3 nitrogen and oxygen atoms in total. The summed E-state index contributed by atoms with van der Waals surface area (Å²) in [6.07, 6.45) is -2.22. The highest BCUT2D eigenvalue weighted by Crippen LogP contribution is 2.14. The molecule has 21 heavy (non-hydrogen) atoms. The van der Waals surface area contributed by atoms with Gasteiger partial charge in [0, 0.05) is 37.1 Å². The molecule has 116 valence electrons. The lowest BCUT2D eigenvalue weighted by Gasteiger charge is -2.27. The van der Waals surface area contributed by atoms with Gasteiger partial charge < -0.3 is 10.2 Å². The van der Waals surface area contributed by atoms with Gasteiger partial charge >= 0.3 is 0 Å². The third-order valence-corrected chi connectivity index (χ3v) is 4.48. The summed E-state index contributed by atoms with van der Waals surface area (Å²) in [6, 6.07) is 9.35. The maximum Gasteiger partial charge on any atom is 0.255 e. The van der Waals surface area contributed by atoms with Gasteiger partial charge in [-0.3, -0.25) is 4.79 Å². The van der Waals surface area contributed by atoms with Crippen molar-refractivity contribution in [1.29, 1.82) is 0 Å². The Kier molecular flexibility index (Phi) is 6.45. The Morgan fingerprint density at radius 2 is 2.14 bits per heavy atom. The third kappa shape index (κ3) is 5.63. The van der Waals surface area contributed by atoms with Gasteiger partial charge in [0.2, 0.25) is 5.91 Å². The van der Waals surface area contributed by atoms with Crippen LogP contribution in [0, 0.1) is 0 Å². The van der Waals surface area contributed by atoms with Crippen molar-refractivity contribution in [2.24, 2.45) is 0 Å². The minimum atomic E-state index is -2.51. The van der Waals surface area contributed by atoms with Crippen LogP contribution in [0.15, 0.2) is 30.3 Å². The fraction of sp³-hybridized carbons (Fsp3) is 0.533. The molecule has 1 heterocycles. The van der Waals surface area contributed by atoms with Gasteiger partial charge in [0.1, 0.15) is 0 Å². The average molecular weight is 314 g/mol. The topological polar surface area (TPSA) is 32.3 Å². The van der Waals surface area contributed by atoms with E-state index in [9.17, 15) is 13.6 Å². The Balaban J connectivity index is 1.95. The Labute approximate surface area is 128 Å². The first-order valence-corrected chi connectivity index (χ1v) is 8.21. The molecular weight excluding hydrogens is 294 g/mol. The van der Waals surface area contributed by atoms with Crippen molar-refractivity contribution in [3.05, 3.63) is 35.9 Å². The second-order valence-corrected chi connectivity index (χ2v) is 6.23. The molecule has 1 aliphatic rings. The third-order valence-electron chi connectivity index (χ3n) is 3.35. The average Bonchev–Trinajstić information content (AvgIpc) is 2.48. The molecule has 0 spiro atoms. The molecule has 0 saturated carbocycles. The minimum absolute atomic E-state index is 0.0900. The van der Waals surface area contributed by atoms with Gasteiger partial charge in [-0.1, -0.05) is 30.3 Å². The first kappa shape index (κ1) is 16.2. The van der Waals surface area contributed by atoms with Crippen molar-refractivity contribution in [1.82, 2.24) is 10.2 Å². The Morgan fingerprint density at radius 1 is 1.38 bits per heavy atom. The molecule has 0 radical (unpaired) electrons. The molecule has 1 unspecified atom stereocenters. The summed E-state index contributed by atoms with van der Waals surface area (Å²) in [7, 11) is 0. The first-order chi connectivity index (χ1) is 10.1. The highest BCUT2D eigenvalue weighted by Gasteiger charge is 2.23. The van der Waals surface area contributed by atoms with E-state index < -0.39 is 13.0 Å². The number of thioether (sulfide) groups is 1. The number of nitrogens with zero attached hydrogens (tertiary/aromatic N) is 1. The number of carbonyl (C=O) groups is 1. The van der Waals surface area contributed by atoms with E-state index in [0.29, 0.717) is 0 Å². The molecule has 0 aliphatic carbocycles. The lowest BCUT2D eigenvalue weighted by atomic mass is 10.1. The molecule has 1 N–H and O–H groups in total. The van der Waals surface area contributed by atoms with Crippen molar-refractivity contribution in [2.75, 3.05) is 24.6 Å². The van der Waals surface area contributed by atoms with Crippen molar-refractivity contribution in [3.8, 4) is 0 Å². The van der Waals surface area contributed by atoms with E-state index in [1.54, 1.807) is 11.8 Å². The van der Waals surface area contributed by atoms with Crippen LogP contribution in [0.1, 0.15) is 12.0 Å². The molecular formula is C15H20F2N2OS. The SMILES string of the molecule is O=C(CC1CSCCN1)N(Cc1ccccc1)CC(F)F. The molecule has 1 fully saturated rings. The second-order valence-electron chi connectivity index (χ2n) is 5.08. The van der Waals surface area contributed by atoms with Crippen LogP contribution in [0.4, 0.5) is 8.78 Å². The minimum Gasteiger partial charge on any atom is -0.333 e. The van der Waals surface area contributed by atoms with Crippen molar-refractivity contribution < 1.29 is 13.6 Å². The van der Waals surface area contributed by atoms with Gasteiger partial charge in [0.15, 0.2) is 0 Å². The molecule has 2 rings (SSSR count). The van der Waals surface area contributed by atoms with Gasteiger partial charge in [0.05, 0.1) is 6.54 Å². The van der Waals surface area contributed by atoms with Crippen LogP contribution in [0.2, 0.25) is 0 Å². The maximum atomic E-state index is 12.7. The van der Waals surface area contributed by atoms with Crippen molar-refractivity contribution in [2.45, 2.75) is 25.4 Å². The number of halogens is 2. The summed E-state index contributed by atoms with van der Waals surface area (Å²) in [4.78, 5) is 13.6. The van der Waals surface area contributed by atoms with Gasteiger partial charge in [0.25, 0.3) is 6.43 Å². The Bertz CT molecular complexity index is 439. The smallest absolute Gasteiger partial charge is 0.255 e. The molecule has 1 atom stereocenters. The highest BCUT2D eigenvalue weighted by atomic mass is 32.2. The molecule has 1 aliphatic heterocycles. The van der Waals surface area contributed by atoms with Crippen LogP contribution < -0.4 is 5.32 Å². The highest BCUT2D eigenvalue weighted by molar-refractivity contribution is 7.99. The molecule has 1 saturated heterocycles. The summed E-state index contributed by atoms with van der Waals surface area (Å²) in [5.74, 6) is 1.69. The number of alkyl halides is 2. The number of hydrogen-bond donors (Lipinski definition) is 1. The molecule has 6 heteroatoms. The number of benzene rings is 1. The molecule has 1 amide bonds. The number of nitrogens with one attached hydrogen (secondary N) is 1. The maximum absolute atomic E-state index is 12.7. The Hall–Kier alpha value is -1.14. The summed E-state index contributed by atoms with van der Waals surface area (Å²) < 4.78 is 25.4. The zero-order chi connectivity index (χ0) is 15.1. The summed E-state index contributed by atoms with van der Waals surface area (Å²) in [5, 5.41) is 3.27. The van der Waals surface area contributed by atoms with E-state index in [1.807, 2.05) is 30.3 Å². The van der Waals surface area contributed by atoms with Crippen LogP contribution in [-0.2, 0) is 11.3 Å². The number of hydrogen-bond acceptors (Lipinski definition) is 3. The predicted molar refractivity (Wildman–Crippen MR) is 81.6 cm³/mol. The zero-order valence-electron chi connectivity index (χ0n) is 11.8. The van der Waals surface area contributed by atoms with E-state index in [1.165, 1.54) is 4.90 Å². The van der Waals surface area contributed by atoms with E-state index in [-0.39, 0.29) is 24.9 Å². The van der Waals surface area contributed by atoms with Gasteiger partial charge in [-0.05, 0) is 5.56 Å². The van der Waals surface area contributed by atoms with Crippen LogP contribution >= 0.6 is 11.8 Å². The van der Waals surface area contributed by atoms with Crippen LogP contribution in [0.5, 0.6) is 0 Å². The largest absolute Gasteiger partial charge is 0.333 e. The lowest BCUT2D eigenvalue weighted by molar-refractivity contribution is -0.134. The standard InChI is InChI=1S/C15H20F2N2OS/c16-14(17)10-19(9-12-4-2-1-3-5-12)15(20)8-13-11-21-7-6-18-13/h1-5,13-14,18H,6-11H2. The van der Waals surface area contributed by atoms with Gasteiger partial charge in [-0.2, -0.15) is 11.8 Å². The monoisotopic (exact) mass is 314 g/mol. The van der Waals surface area contributed by atoms with Crippen LogP contribution in [0.3, 0.4) is 0 Å². The Morgan fingerprint density at radius 3 is 2.76 bits per heavy atom. The van der Waals surface area contributed by atoms with E-state index in [0.717, 1.165) is 23.6 Å². The molecule has 1 aromatic carbocycles. The van der Waals surface area contributed by atoms with E-state index >= 15 is 0 Å². The van der Waals surface area contributed by atoms with Gasteiger partial charge in [-0.25, -0.2) is 8.78 Å². The summed E-state index contributed by atoms with van der Waals surface area (Å²) >= 11 is 1.79. The summed E-state index contributed by atoms with van der Waals surface area (Å²) in [6.45, 7) is 0.605. The number of carbonyl (C=O) groups excluding carboxylic acids is 1. The van der Waals surface area contributed by atoms with Crippen molar-refractivity contribution >= 4 is 17.7 Å². The van der Waals surface area contributed by atoms with E-state index in [2.05, 4.69) is 5.32 Å². The number of rotatable bonds is 6. The fourth-order valence-corrected chi connectivity index (χ4v) is 3.26. The molecule has 0 bridgehead atoms. The van der Waals surface area contributed by atoms with Crippen molar-refractivity contribution in [3.63, 3.8) is 0 Å². The van der Waals surface area contributed by atoms with E-state index in [4.69, 9.17) is 0 Å². The van der Waals surface area contributed by atoms with Crippen LogP contribution in [0.25, 0.3) is 0 Å². The zero-order valence-corrected chi connectivity index (χ0v) is 12.6. The van der Waals surface area contributed by atoms with Crippen LogP contribution in [-0.4, -0.2) is 47.9 Å².